The third kappa shape index (κ3) is 1.96. The fourth-order valence-electron chi connectivity index (χ4n) is 1.89. The van der Waals surface area contributed by atoms with Gasteiger partial charge in [0, 0.05) is 11.6 Å². The largest absolute Gasteiger partial charge is 0.310 e. The maximum atomic E-state index is 12.6. The number of hydrogen-bond donors (Lipinski definition) is 1. The highest BCUT2D eigenvalue weighted by Crippen LogP contribution is 2.33. The minimum absolute atomic E-state index is 0.152. The van der Waals surface area contributed by atoms with Gasteiger partial charge in [0.05, 0.1) is 0 Å². The Balaban J connectivity index is 2.17. The van der Waals surface area contributed by atoms with Gasteiger partial charge in [0.25, 0.3) is 6.43 Å². The summed E-state index contributed by atoms with van der Waals surface area (Å²) >= 11 is 1.37. The van der Waals surface area contributed by atoms with Gasteiger partial charge in [-0.15, -0.1) is 0 Å². The second-order valence-electron chi connectivity index (χ2n) is 3.59. The molecule has 1 N–H and O–H groups in total. The van der Waals surface area contributed by atoms with Crippen LogP contribution in [-0.2, 0) is 0 Å². The number of halogens is 2. The van der Waals surface area contributed by atoms with Crippen molar-refractivity contribution in [2.24, 2.45) is 0 Å². The summed E-state index contributed by atoms with van der Waals surface area (Å²) in [5, 5.41) is 6.71. The average Bonchev–Trinajstić information content (AvgIpc) is 2.67. The van der Waals surface area contributed by atoms with Crippen LogP contribution < -0.4 is 5.32 Å². The third-order valence-electron chi connectivity index (χ3n) is 2.64. The maximum absolute atomic E-state index is 12.6. The van der Waals surface area contributed by atoms with Crippen LogP contribution in [0.15, 0.2) is 10.8 Å². The van der Waals surface area contributed by atoms with E-state index in [0.29, 0.717) is 0 Å². The number of piperidine rings is 1. The van der Waals surface area contributed by atoms with Crippen molar-refractivity contribution < 1.29 is 8.78 Å². The molecule has 1 fully saturated rings. The van der Waals surface area contributed by atoms with Gasteiger partial charge in [-0.2, -0.15) is 11.3 Å². The first kappa shape index (κ1) is 10.1. The molecule has 1 aliphatic heterocycles. The summed E-state index contributed by atoms with van der Waals surface area (Å²) in [6.45, 7) is 0.948. The van der Waals surface area contributed by atoms with Crippen molar-refractivity contribution in [3.63, 3.8) is 0 Å². The molecule has 2 rings (SSSR count). The van der Waals surface area contributed by atoms with Crippen molar-refractivity contribution in [1.29, 1.82) is 0 Å². The molecule has 0 aromatic carbocycles. The average molecular weight is 217 g/mol. The SMILES string of the molecule is FC(F)c1cscc1C1CCCCN1. The third-order valence-corrected chi connectivity index (χ3v) is 3.42. The Labute approximate surface area is 86.1 Å². The van der Waals surface area contributed by atoms with E-state index in [9.17, 15) is 8.78 Å². The first-order valence-corrected chi connectivity index (χ1v) is 5.81. The lowest BCUT2D eigenvalue weighted by molar-refractivity contribution is 0.149. The van der Waals surface area contributed by atoms with E-state index in [0.717, 1.165) is 31.4 Å². The van der Waals surface area contributed by atoms with Crippen molar-refractivity contribution in [3.8, 4) is 0 Å². The molecule has 0 spiro atoms. The van der Waals surface area contributed by atoms with Crippen LogP contribution in [0, 0.1) is 0 Å². The highest BCUT2D eigenvalue weighted by Gasteiger charge is 2.22. The van der Waals surface area contributed by atoms with E-state index in [1.165, 1.54) is 11.3 Å². The smallest absolute Gasteiger partial charge is 0.264 e. The molecule has 1 atom stereocenters. The van der Waals surface area contributed by atoms with Crippen LogP contribution >= 0.6 is 11.3 Å². The van der Waals surface area contributed by atoms with E-state index in [4.69, 9.17) is 0 Å². The lowest BCUT2D eigenvalue weighted by Gasteiger charge is -2.23. The van der Waals surface area contributed by atoms with Crippen LogP contribution in [0.5, 0.6) is 0 Å². The summed E-state index contributed by atoms with van der Waals surface area (Å²) in [4.78, 5) is 0. The van der Waals surface area contributed by atoms with Gasteiger partial charge in [0.2, 0.25) is 0 Å². The predicted octanol–water partition coefficient (Wildman–Crippen LogP) is 3.50. The molecule has 14 heavy (non-hydrogen) atoms. The lowest BCUT2D eigenvalue weighted by Crippen LogP contribution is -2.27. The summed E-state index contributed by atoms with van der Waals surface area (Å²) in [6, 6.07) is 0.152. The normalized spacial score (nSPS) is 22.9. The van der Waals surface area contributed by atoms with Crippen molar-refractivity contribution in [2.75, 3.05) is 6.54 Å². The van der Waals surface area contributed by atoms with Gasteiger partial charge >= 0.3 is 0 Å². The lowest BCUT2D eigenvalue weighted by atomic mass is 9.97. The van der Waals surface area contributed by atoms with E-state index in [2.05, 4.69) is 5.32 Å². The zero-order valence-electron chi connectivity index (χ0n) is 7.80. The standard InChI is InChI=1S/C10H13F2NS/c11-10(12)8-6-14-5-7(8)9-3-1-2-4-13-9/h5-6,9-10,13H,1-4H2. The van der Waals surface area contributed by atoms with Crippen LogP contribution in [0.3, 0.4) is 0 Å². The Bertz CT molecular complexity index is 292. The van der Waals surface area contributed by atoms with E-state index in [1.807, 2.05) is 5.38 Å². The first-order valence-electron chi connectivity index (χ1n) is 4.86. The Kier molecular flexibility index (Phi) is 3.13. The van der Waals surface area contributed by atoms with Crippen LogP contribution in [0.4, 0.5) is 8.78 Å². The maximum Gasteiger partial charge on any atom is 0.264 e. The molecule has 1 saturated heterocycles. The molecular formula is C10H13F2NS. The minimum atomic E-state index is -2.33. The molecule has 0 saturated carbocycles. The first-order chi connectivity index (χ1) is 6.79. The van der Waals surface area contributed by atoms with Crippen LogP contribution in [0.1, 0.15) is 42.9 Å². The predicted molar refractivity (Wildman–Crippen MR) is 53.9 cm³/mol. The Morgan fingerprint density at radius 1 is 1.36 bits per heavy atom. The Morgan fingerprint density at radius 2 is 2.21 bits per heavy atom. The molecule has 0 aliphatic carbocycles. The van der Waals surface area contributed by atoms with Gasteiger partial charge in [0.1, 0.15) is 0 Å². The number of hydrogen-bond acceptors (Lipinski definition) is 2. The zero-order chi connectivity index (χ0) is 9.97. The highest BCUT2D eigenvalue weighted by atomic mass is 32.1. The van der Waals surface area contributed by atoms with E-state index < -0.39 is 6.43 Å². The molecule has 1 nitrogen and oxygen atoms in total. The highest BCUT2D eigenvalue weighted by molar-refractivity contribution is 7.08. The van der Waals surface area contributed by atoms with E-state index in [1.54, 1.807) is 5.38 Å². The molecular weight excluding hydrogens is 204 g/mol. The number of rotatable bonds is 2. The van der Waals surface area contributed by atoms with Crippen molar-refractivity contribution >= 4 is 11.3 Å². The molecule has 1 aliphatic rings. The zero-order valence-corrected chi connectivity index (χ0v) is 8.62. The molecule has 1 aromatic rings. The molecule has 0 bridgehead atoms. The van der Waals surface area contributed by atoms with Gasteiger partial charge in [0.15, 0.2) is 0 Å². The molecule has 78 valence electrons. The summed E-state index contributed by atoms with van der Waals surface area (Å²) in [6.07, 6.45) is 0.942. The fraction of sp³-hybridized carbons (Fsp3) is 0.600. The van der Waals surface area contributed by atoms with Gasteiger partial charge in [-0.05, 0) is 35.7 Å². The van der Waals surface area contributed by atoms with Crippen molar-refractivity contribution in [2.45, 2.75) is 31.7 Å². The van der Waals surface area contributed by atoms with Gasteiger partial charge < -0.3 is 5.32 Å². The molecule has 0 radical (unpaired) electrons. The van der Waals surface area contributed by atoms with E-state index >= 15 is 0 Å². The summed E-state index contributed by atoms with van der Waals surface area (Å²) in [5.74, 6) is 0. The molecule has 1 aromatic heterocycles. The number of nitrogens with one attached hydrogen (secondary N) is 1. The summed E-state index contributed by atoms with van der Waals surface area (Å²) in [7, 11) is 0. The monoisotopic (exact) mass is 217 g/mol. The topological polar surface area (TPSA) is 12.0 Å². The second kappa shape index (κ2) is 4.36. The van der Waals surface area contributed by atoms with Crippen LogP contribution in [0.25, 0.3) is 0 Å². The summed E-state index contributed by atoms with van der Waals surface area (Å²) < 4.78 is 25.2. The Morgan fingerprint density at radius 3 is 2.86 bits per heavy atom. The molecule has 1 unspecified atom stereocenters. The molecule has 2 heterocycles. The van der Waals surface area contributed by atoms with Gasteiger partial charge in [-0.3, -0.25) is 0 Å². The number of alkyl halides is 2. The van der Waals surface area contributed by atoms with E-state index in [-0.39, 0.29) is 11.6 Å². The number of thiophene rings is 1. The van der Waals surface area contributed by atoms with Crippen molar-refractivity contribution in [3.05, 3.63) is 21.9 Å². The molecule has 4 heteroatoms. The van der Waals surface area contributed by atoms with Gasteiger partial charge in [-0.25, -0.2) is 8.78 Å². The quantitative estimate of drug-likeness (QED) is 0.799. The van der Waals surface area contributed by atoms with Crippen LogP contribution in [-0.4, -0.2) is 6.54 Å². The second-order valence-corrected chi connectivity index (χ2v) is 4.33. The van der Waals surface area contributed by atoms with Gasteiger partial charge in [-0.1, -0.05) is 6.42 Å². The van der Waals surface area contributed by atoms with Crippen LogP contribution in [0.2, 0.25) is 0 Å². The molecule has 0 amide bonds. The summed E-state index contributed by atoms with van der Waals surface area (Å²) in [5.41, 5.74) is 1.03. The van der Waals surface area contributed by atoms with Crippen molar-refractivity contribution in [1.82, 2.24) is 5.32 Å². The fourth-order valence-corrected chi connectivity index (χ4v) is 2.80. The Hall–Kier alpha value is -0.480. The minimum Gasteiger partial charge on any atom is -0.310 e.